The third-order valence-electron chi connectivity index (χ3n) is 3.04. The number of pyridine rings is 1. The Morgan fingerprint density at radius 3 is 2.15 bits per heavy atom. The molecule has 0 N–H and O–H groups in total. The van der Waals surface area contributed by atoms with Crippen molar-refractivity contribution in [2.24, 2.45) is 5.92 Å². The van der Waals surface area contributed by atoms with E-state index < -0.39 is 36.6 Å². The summed E-state index contributed by atoms with van der Waals surface area (Å²) in [6, 6.07) is 2.67. The molecule has 0 saturated heterocycles. The van der Waals surface area contributed by atoms with Crippen LogP contribution in [0.2, 0.25) is 0 Å². The fourth-order valence-corrected chi connectivity index (χ4v) is 1.92. The van der Waals surface area contributed by atoms with Crippen LogP contribution in [0.25, 0.3) is 0 Å². The van der Waals surface area contributed by atoms with Gasteiger partial charge in [-0.2, -0.15) is 13.2 Å². The summed E-state index contributed by atoms with van der Waals surface area (Å²) in [5, 5.41) is 0. The lowest BCUT2D eigenvalue weighted by atomic mass is 10.0. The third kappa shape index (κ3) is 6.69. The summed E-state index contributed by atoms with van der Waals surface area (Å²) in [4.78, 5) is 38.6. The largest absolute Gasteiger partial charge is 0.490 e. The number of carbonyl (C=O) groups is 3. The first kappa shape index (κ1) is 21.4. The highest BCUT2D eigenvalue weighted by Crippen LogP contribution is 2.18. The van der Waals surface area contributed by atoms with Crippen LogP contribution in [0.1, 0.15) is 25.1 Å². The van der Waals surface area contributed by atoms with Crippen LogP contribution in [0.3, 0.4) is 0 Å². The smallest absolute Gasteiger partial charge is 0.465 e. The van der Waals surface area contributed by atoms with Crippen LogP contribution in [-0.2, 0) is 41.6 Å². The Hall–Kier alpha value is -2.65. The number of rotatable bonds is 8. The van der Waals surface area contributed by atoms with Crippen molar-refractivity contribution in [2.45, 2.75) is 33.1 Å². The maximum absolute atomic E-state index is 12.1. The zero-order valence-corrected chi connectivity index (χ0v) is 14.2. The molecular formula is C16H18F3NO6. The van der Waals surface area contributed by atoms with Gasteiger partial charge in [0.15, 0.2) is 5.92 Å². The van der Waals surface area contributed by atoms with Gasteiger partial charge in [0.05, 0.1) is 13.2 Å². The van der Waals surface area contributed by atoms with Gasteiger partial charge in [0.1, 0.15) is 6.61 Å². The number of nitrogens with zero attached hydrogens (tertiary/aromatic N) is 1. The molecule has 0 spiro atoms. The highest BCUT2D eigenvalue weighted by molar-refractivity contribution is 5.95. The van der Waals surface area contributed by atoms with E-state index in [-0.39, 0.29) is 30.9 Å². The van der Waals surface area contributed by atoms with E-state index >= 15 is 0 Å². The molecule has 0 radical (unpaired) electrons. The van der Waals surface area contributed by atoms with Gasteiger partial charge in [-0.1, -0.05) is 0 Å². The van der Waals surface area contributed by atoms with E-state index in [0.29, 0.717) is 0 Å². The normalized spacial score (nSPS) is 11.2. The van der Waals surface area contributed by atoms with Gasteiger partial charge in [-0.05, 0) is 31.5 Å². The fourth-order valence-electron chi connectivity index (χ4n) is 1.92. The molecule has 0 fully saturated rings. The van der Waals surface area contributed by atoms with Crippen molar-refractivity contribution in [1.82, 2.24) is 4.98 Å². The van der Waals surface area contributed by atoms with Crippen LogP contribution in [0, 0.1) is 5.92 Å². The first-order chi connectivity index (χ1) is 12.2. The molecule has 1 heterocycles. The van der Waals surface area contributed by atoms with Crippen LogP contribution < -0.4 is 0 Å². The number of ether oxygens (including phenoxy) is 3. The number of carbonyl (C=O) groups excluding carboxylic acids is 3. The van der Waals surface area contributed by atoms with Crippen molar-refractivity contribution in [1.29, 1.82) is 0 Å². The molecule has 26 heavy (non-hydrogen) atoms. The minimum atomic E-state index is -5.09. The molecule has 0 aromatic carbocycles. The second-order valence-corrected chi connectivity index (χ2v) is 4.99. The summed E-state index contributed by atoms with van der Waals surface area (Å²) >= 11 is 0. The van der Waals surface area contributed by atoms with Gasteiger partial charge in [-0.15, -0.1) is 0 Å². The van der Waals surface area contributed by atoms with Crippen LogP contribution in [0.4, 0.5) is 13.2 Å². The highest BCUT2D eigenvalue weighted by atomic mass is 19.4. The zero-order chi connectivity index (χ0) is 19.7. The summed E-state index contributed by atoms with van der Waals surface area (Å²) in [5.74, 6) is -5.15. The average Bonchev–Trinajstić information content (AvgIpc) is 2.57. The van der Waals surface area contributed by atoms with E-state index in [9.17, 15) is 27.6 Å². The second-order valence-electron chi connectivity index (χ2n) is 4.99. The standard InChI is InChI=1S/C16H18F3NO6/c1-3-24-13(21)12(14(22)25-4-2)8-11-7-10(5-6-20-11)9-26-15(23)16(17,18)19/h5-7,12H,3-4,8-9H2,1-2H3. The van der Waals surface area contributed by atoms with Gasteiger partial charge in [0.2, 0.25) is 0 Å². The van der Waals surface area contributed by atoms with Gasteiger partial charge in [0.25, 0.3) is 0 Å². The van der Waals surface area contributed by atoms with Crippen molar-refractivity contribution >= 4 is 17.9 Å². The maximum atomic E-state index is 12.1. The topological polar surface area (TPSA) is 91.8 Å². The first-order valence-electron chi connectivity index (χ1n) is 7.70. The lowest BCUT2D eigenvalue weighted by Gasteiger charge is -2.14. The van der Waals surface area contributed by atoms with E-state index in [1.54, 1.807) is 13.8 Å². The van der Waals surface area contributed by atoms with Crippen LogP contribution in [0.15, 0.2) is 18.3 Å². The molecule has 1 aromatic rings. The molecule has 0 bridgehead atoms. The number of hydrogen-bond donors (Lipinski definition) is 0. The van der Waals surface area contributed by atoms with E-state index in [0.717, 1.165) is 0 Å². The zero-order valence-electron chi connectivity index (χ0n) is 14.2. The van der Waals surface area contributed by atoms with Gasteiger partial charge in [-0.3, -0.25) is 14.6 Å². The van der Waals surface area contributed by atoms with Gasteiger partial charge in [0, 0.05) is 18.3 Å². The highest BCUT2D eigenvalue weighted by Gasteiger charge is 2.40. The van der Waals surface area contributed by atoms with E-state index in [2.05, 4.69) is 9.72 Å². The molecule has 0 amide bonds. The minimum Gasteiger partial charge on any atom is -0.465 e. The molecule has 0 atom stereocenters. The fraction of sp³-hybridized carbons (Fsp3) is 0.500. The minimum absolute atomic E-state index is 0.0651. The third-order valence-corrected chi connectivity index (χ3v) is 3.04. The second kappa shape index (κ2) is 9.73. The lowest BCUT2D eigenvalue weighted by molar-refractivity contribution is -0.201. The summed E-state index contributed by atoms with van der Waals surface area (Å²) in [6.45, 7) is 2.66. The number of aromatic nitrogens is 1. The summed E-state index contributed by atoms with van der Waals surface area (Å²) in [7, 11) is 0. The Bertz CT molecular complexity index is 629. The van der Waals surface area contributed by atoms with E-state index in [4.69, 9.17) is 9.47 Å². The predicted octanol–water partition coefficient (Wildman–Crippen LogP) is 1.97. The molecular weight excluding hydrogens is 359 g/mol. The van der Waals surface area contributed by atoms with Crippen molar-refractivity contribution in [2.75, 3.05) is 13.2 Å². The molecule has 10 heteroatoms. The lowest BCUT2D eigenvalue weighted by Crippen LogP contribution is -2.30. The average molecular weight is 377 g/mol. The van der Waals surface area contributed by atoms with E-state index in [1.165, 1.54) is 18.3 Å². The van der Waals surface area contributed by atoms with Gasteiger partial charge >= 0.3 is 24.1 Å². The molecule has 0 aliphatic carbocycles. The Kier molecular flexibility index (Phi) is 8.01. The van der Waals surface area contributed by atoms with Crippen molar-refractivity contribution in [3.05, 3.63) is 29.6 Å². The van der Waals surface area contributed by atoms with E-state index in [1.807, 2.05) is 0 Å². The molecule has 1 aromatic heterocycles. The van der Waals surface area contributed by atoms with Crippen molar-refractivity contribution < 1.29 is 41.8 Å². The molecule has 7 nitrogen and oxygen atoms in total. The Balaban J connectivity index is 2.85. The number of alkyl halides is 3. The number of hydrogen-bond acceptors (Lipinski definition) is 7. The van der Waals surface area contributed by atoms with Crippen molar-refractivity contribution in [3.63, 3.8) is 0 Å². The Morgan fingerprint density at radius 2 is 1.65 bits per heavy atom. The van der Waals surface area contributed by atoms with Gasteiger partial charge in [-0.25, -0.2) is 4.79 Å². The predicted molar refractivity (Wildman–Crippen MR) is 80.5 cm³/mol. The Morgan fingerprint density at radius 1 is 1.08 bits per heavy atom. The maximum Gasteiger partial charge on any atom is 0.490 e. The monoisotopic (exact) mass is 377 g/mol. The molecule has 0 aliphatic heterocycles. The molecule has 0 aliphatic rings. The summed E-state index contributed by atoms with van der Waals surface area (Å²) < 4.78 is 50.2. The van der Waals surface area contributed by atoms with Crippen molar-refractivity contribution in [3.8, 4) is 0 Å². The number of esters is 3. The summed E-state index contributed by atoms with van der Waals surface area (Å²) in [6.07, 6.45) is -3.99. The summed E-state index contributed by atoms with van der Waals surface area (Å²) in [5.41, 5.74) is 0.454. The van der Waals surface area contributed by atoms with Gasteiger partial charge < -0.3 is 14.2 Å². The SMILES string of the molecule is CCOC(=O)C(Cc1cc(COC(=O)C(F)(F)F)ccn1)C(=O)OCC. The quantitative estimate of drug-likeness (QED) is 0.389. The number of halogens is 3. The first-order valence-corrected chi connectivity index (χ1v) is 7.70. The molecule has 144 valence electrons. The van der Waals surface area contributed by atoms with Crippen LogP contribution in [0.5, 0.6) is 0 Å². The molecule has 0 saturated carbocycles. The molecule has 1 rings (SSSR count). The van der Waals surface area contributed by atoms with Crippen LogP contribution in [-0.4, -0.2) is 42.3 Å². The molecule has 0 unspecified atom stereocenters. The van der Waals surface area contributed by atoms with Crippen LogP contribution >= 0.6 is 0 Å². The Labute approximate surface area is 147 Å².